The van der Waals surface area contributed by atoms with Crippen molar-refractivity contribution in [1.82, 2.24) is 31.2 Å². The number of H-pyrrole nitrogens is 1. The number of unbranched alkanes of at least 4 members (excludes halogenated alkanes) is 1. The number of aromatic nitrogens is 1. The van der Waals surface area contributed by atoms with Crippen molar-refractivity contribution in [3.63, 3.8) is 0 Å². The van der Waals surface area contributed by atoms with E-state index in [1.54, 1.807) is 6.20 Å². The summed E-state index contributed by atoms with van der Waals surface area (Å²) in [6, 6.07) is 1.74. The Morgan fingerprint density at radius 3 is 2.28 bits per heavy atom. The third kappa shape index (κ3) is 8.62. The second-order valence-electron chi connectivity index (χ2n) is 12.5. The van der Waals surface area contributed by atoms with Crippen LogP contribution in [0.5, 0.6) is 0 Å². The highest BCUT2D eigenvalue weighted by atomic mass is 16.4. The van der Waals surface area contributed by atoms with Gasteiger partial charge in [0.05, 0.1) is 6.42 Å². The number of para-hydroxylation sites is 1. The van der Waals surface area contributed by atoms with Crippen LogP contribution in [0.3, 0.4) is 0 Å². The number of benzene rings is 1. The summed E-state index contributed by atoms with van der Waals surface area (Å²) in [5, 5.41) is 21.2. The maximum absolute atomic E-state index is 14.0. The number of nitrogens with two attached hydrogens (primary N) is 1. The largest absolute Gasteiger partial charge is 0.481 e. The van der Waals surface area contributed by atoms with Crippen molar-refractivity contribution in [3.8, 4) is 0 Å². The van der Waals surface area contributed by atoms with Crippen LogP contribution in [0, 0.1) is 5.92 Å². The molecule has 46 heavy (non-hydrogen) atoms. The molecule has 2 saturated heterocycles. The zero-order chi connectivity index (χ0) is 33.4. The molecule has 0 spiro atoms. The standard InChI is InChI=1S/C32H45N7O7/c1-18(2)14-25-32(46)39-13-7-11-26(39)31(45)35-22(10-5-6-12-33)28(42)37-24(16-27(40)41)30(44)36-23(29(43)38-25)15-19-17-34-21-9-4-3-8-20(19)21/h3-4,8-9,17-18,22-26,34H,5-7,10-16,33H2,1-2H3,(H,35,45)(H,36,44)(H,37,42)(H,38,43)(H,40,41)/t22-,23-,24-,25-,26-/m0/s1. The van der Waals surface area contributed by atoms with Crippen molar-refractivity contribution in [2.24, 2.45) is 11.7 Å². The van der Waals surface area contributed by atoms with Crippen molar-refractivity contribution in [2.75, 3.05) is 13.1 Å². The van der Waals surface area contributed by atoms with E-state index in [1.807, 2.05) is 38.1 Å². The summed E-state index contributed by atoms with van der Waals surface area (Å²) in [6.07, 6.45) is 3.47. The molecule has 3 heterocycles. The SMILES string of the molecule is CC(C)C[C@@H]1NC(=O)[C@H](Cc2c[nH]c3ccccc23)NC(=O)[C@H](CC(=O)O)NC(=O)[C@H](CCCCN)NC(=O)[C@@H]2CCCN2C1=O. The van der Waals surface area contributed by atoms with Gasteiger partial charge in [-0.2, -0.15) is 0 Å². The molecule has 0 aliphatic carbocycles. The van der Waals surface area contributed by atoms with Crippen molar-refractivity contribution >= 4 is 46.4 Å². The number of carbonyl (C=O) groups excluding carboxylic acids is 5. The molecule has 2 aliphatic heterocycles. The second-order valence-corrected chi connectivity index (χ2v) is 12.5. The molecule has 5 amide bonds. The lowest BCUT2D eigenvalue weighted by Gasteiger charge is -2.31. The molecule has 5 atom stereocenters. The molecule has 0 saturated carbocycles. The van der Waals surface area contributed by atoms with E-state index in [2.05, 4.69) is 26.3 Å². The highest BCUT2D eigenvalue weighted by molar-refractivity contribution is 5.99. The number of hydrogen-bond donors (Lipinski definition) is 7. The molecular formula is C32H45N7O7. The number of aliphatic carboxylic acids is 1. The van der Waals surface area contributed by atoms with Gasteiger partial charge in [-0.15, -0.1) is 0 Å². The Morgan fingerprint density at radius 2 is 1.57 bits per heavy atom. The van der Waals surface area contributed by atoms with Crippen LogP contribution in [0.25, 0.3) is 10.9 Å². The van der Waals surface area contributed by atoms with Gasteiger partial charge in [-0.3, -0.25) is 28.8 Å². The van der Waals surface area contributed by atoms with Gasteiger partial charge in [0.15, 0.2) is 0 Å². The Bertz CT molecular complexity index is 1440. The number of carbonyl (C=O) groups is 6. The number of rotatable bonds is 10. The summed E-state index contributed by atoms with van der Waals surface area (Å²) < 4.78 is 0. The number of amides is 5. The Kier molecular flexibility index (Phi) is 11.7. The van der Waals surface area contributed by atoms with Gasteiger partial charge in [0.25, 0.3) is 0 Å². The summed E-state index contributed by atoms with van der Waals surface area (Å²) in [7, 11) is 0. The maximum atomic E-state index is 14.0. The lowest BCUT2D eigenvalue weighted by molar-refractivity contribution is -0.142. The van der Waals surface area contributed by atoms with Gasteiger partial charge < -0.3 is 42.0 Å². The van der Waals surface area contributed by atoms with Crippen LogP contribution in [0.15, 0.2) is 30.5 Å². The van der Waals surface area contributed by atoms with Crippen molar-refractivity contribution in [3.05, 3.63) is 36.0 Å². The summed E-state index contributed by atoms with van der Waals surface area (Å²) in [5.41, 5.74) is 7.18. The molecule has 2 aromatic rings. The summed E-state index contributed by atoms with van der Waals surface area (Å²) >= 11 is 0. The predicted molar refractivity (Wildman–Crippen MR) is 169 cm³/mol. The molecule has 14 nitrogen and oxygen atoms in total. The van der Waals surface area contributed by atoms with E-state index in [-0.39, 0.29) is 25.2 Å². The molecule has 0 unspecified atom stereocenters. The lowest BCUT2D eigenvalue weighted by Crippen LogP contribution is -2.58. The molecule has 0 bridgehead atoms. The molecule has 1 aromatic carbocycles. The molecule has 2 aliphatic rings. The zero-order valence-corrected chi connectivity index (χ0v) is 26.3. The van der Waals surface area contributed by atoms with E-state index in [4.69, 9.17) is 5.73 Å². The number of nitrogens with zero attached hydrogens (tertiary/aromatic N) is 1. The minimum Gasteiger partial charge on any atom is -0.481 e. The first kappa shape index (κ1) is 34.4. The number of aromatic amines is 1. The van der Waals surface area contributed by atoms with Gasteiger partial charge in [-0.25, -0.2) is 0 Å². The van der Waals surface area contributed by atoms with Crippen LogP contribution in [-0.4, -0.2) is 93.8 Å². The third-order valence-corrected chi connectivity index (χ3v) is 8.48. The second kappa shape index (κ2) is 15.7. The first-order valence-electron chi connectivity index (χ1n) is 16.0. The fourth-order valence-electron chi connectivity index (χ4n) is 6.16. The Labute approximate surface area is 267 Å². The number of fused-ring (bicyclic) bond motifs is 2. The van der Waals surface area contributed by atoms with Gasteiger partial charge in [-0.05, 0) is 62.6 Å². The number of nitrogens with one attached hydrogen (secondary N) is 5. The van der Waals surface area contributed by atoms with E-state index in [9.17, 15) is 33.9 Å². The number of carboxylic acids is 1. The Hall–Kier alpha value is -4.46. The smallest absolute Gasteiger partial charge is 0.305 e. The first-order chi connectivity index (χ1) is 22.0. The fraction of sp³-hybridized carbons (Fsp3) is 0.562. The van der Waals surface area contributed by atoms with Gasteiger partial charge >= 0.3 is 5.97 Å². The Balaban J connectivity index is 1.74. The third-order valence-electron chi connectivity index (χ3n) is 8.48. The molecule has 2 fully saturated rings. The van der Waals surface area contributed by atoms with Crippen LogP contribution in [-0.2, 0) is 35.2 Å². The van der Waals surface area contributed by atoms with Gasteiger partial charge in [0.1, 0.15) is 30.2 Å². The van der Waals surface area contributed by atoms with E-state index in [1.165, 1.54) is 4.90 Å². The summed E-state index contributed by atoms with van der Waals surface area (Å²) in [6.45, 7) is 4.50. The first-order valence-corrected chi connectivity index (χ1v) is 16.0. The van der Waals surface area contributed by atoms with Crippen molar-refractivity contribution in [1.29, 1.82) is 0 Å². The number of carboxylic acid groups (broad SMARTS) is 1. The minimum atomic E-state index is -1.54. The van der Waals surface area contributed by atoms with E-state index in [0.29, 0.717) is 44.3 Å². The predicted octanol–water partition coefficient (Wildman–Crippen LogP) is 0.304. The van der Waals surface area contributed by atoms with E-state index < -0.39 is 72.1 Å². The monoisotopic (exact) mass is 639 g/mol. The molecule has 8 N–H and O–H groups in total. The fourth-order valence-corrected chi connectivity index (χ4v) is 6.16. The molecule has 250 valence electrons. The summed E-state index contributed by atoms with van der Waals surface area (Å²) in [4.78, 5) is 85.0. The van der Waals surface area contributed by atoms with Crippen LogP contribution < -0.4 is 27.0 Å². The van der Waals surface area contributed by atoms with E-state index in [0.717, 1.165) is 10.9 Å². The quantitative estimate of drug-likeness (QED) is 0.179. The average molecular weight is 640 g/mol. The van der Waals surface area contributed by atoms with Gasteiger partial charge in [-0.1, -0.05) is 32.0 Å². The molecule has 1 aromatic heterocycles. The number of hydrogen-bond acceptors (Lipinski definition) is 7. The van der Waals surface area contributed by atoms with Gasteiger partial charge in [0, 0.05) is 30.1 Å². The summed E-state index contributed by atoms with van der Waals surface area (Å²) in [5.74, 6) is -4.56. The van der Waals surface area contributed by atoms with Crippen LogP contribution in [0.4, 0.5) is 0 Å². The maximum Gasteiger partial charge on any atom is 0.305 e. The topological polar surface area (TPSA) is 216 Å². The highest BCUT2D eigenvalue weighted by Crippen LogP contribution is 2.23. The minimum absolute atomic E-state index is 0.00145. The van der Waals surface area contributed by atoms with Gasteiger partial charge in [0.2, 0.25) is 29.5 Å². The van der Waals surface area contributed by atoms with Crippen LogP contribution >= 0.6 is 0 Å². The lowest BCUT2D eigenvalue weighted by atomic mass is 9.99. The average Bonchev–Trinajstić information content (AvgIpc) is 3.66. The molecular weight excluding hydrogens is 594 g/mol. The van der Waals surface area contributed by atoms with Crippen molar-refractivity contribution < 1.29 is 33.9 Å². The molecule has 0 radical (unpaired) electrons. The molecule has 4 rings (SSSR count). The van der Waals surface area contributed by atoms with Crippen molar-refractivity contribution in [2.45, 2.75) is 95.4 Å². The zero-order valence-electron chi connectivity index (χ0n) is 26.3. The van der Waals surface area contributed by atoms with Crippen LogP contribution in [0.1, 0.15) is 64.4 Å². The normalized spacial score (nSPS) is 24.9. The molecule has 14 heteroatoms. The van der Waals surface area contributed by atoms with Crippen LogP contribution in [0.2, 0.25) is 0 Å². The Morgan fingerprint density at radius 1 is 0.913 bits per heavy atom. The van der Waals surface area contributed by atoms with E-state index >= 15 is 0 Å². The highest BCUT2D eigenvalue weighted by Gasteiger charge is 2.40.